The van der Waals surface area contributed by atoms with E-state index in [9.17, 15) is 5.11 Å². The number of aliphatic hydroxyl groups excluding tert-OH is 1. The minimum absolute atomic E-state index is 0.299. The molecule has 0 amide bonds. The predicted octanol–water partition coefficient (Wildman–Crippen LogP) is 2.48. The highest BCUT2D eigenvalue weighted by atomic mass is 16.5. The van der Waals surface area contributed by atoms with Crippen molar-refractivity contribution < 1.29 is 9.84 Å². The molecule has 0 heterocycles. The lowest BCUT2D eigenvalue weighted by molar-refractivity contribution is 0.121. The summed E-state index contributed by atoms with van der Waals surface area (Å²) in [5.74, 6) is 0.463. The van der Waals surface area contributed by atoms with Gasteiger partial charge in [0.25, 0.3) is 0 Å². The van der Waals surface area contributed by atoms with Crippen molar-refractivity contribution in [3.05, 3.63) is 12.3 Å². The third-order valence-corrected chi connectivity index (χ3v) is 2.67. The van der Waals surface area contributed by atoms with Gasteiger partial charge in [0.15, 0.2) is 0 Å². The average molecular weight is 184 g/mol. The minimum Gasteiger partial charge on any atom is -0.502 e. The molecule has 1 aliphatic carbocycles. The van der Waals surface area contributed by atoms with Gasteiger partial charge in [0.2, 0.25) is 0 Å². The number of hydrogen-bond acceptors (Lipinski definition) is 2. The first-order valence-corrected chi connectivity index (χ1v) is 5.31. The molecule has 0 aromatic heterocycles. The second-order valence-electron chi connectivity index (χ2n) is 3.67. The van der Waals surface area contributed by atoms with Crippen molar-refractivity contribution in [2.75, 3.05) is 6.61 Å². The smallest absolute Gasteiger partial charge is 0.0845 e. The predicted molar refractivity (Wildman–Crippen MR) is 53.3 cm³/mol. The molecule has 0 unspecified atom stereocenters. The number of rotatable bonds is 4. The molecule has 0 bridgehead atoms. The van der Waals surface area contributed by atoms with Crippen LogP contribution in [0.15, 0.2) is 12.3 Å². The second kappa shape index (κ2) is 6.03. The molecule has 1 N–H and O–H groups in total. The highest BCUT2D eigenvalue weighted by molar-refractivity contribution is 4.88. The molecule has 1 rings (SSSR count). The Hall–Kier alpha value is -0.500. The van der Waals surface area contributed by atoms with E-state index in [4.69, 9.17) is 4.74 Å². The Kier molecular flexibility index (Phi) is 4.91. The highest BCUT2D eigenvalue weighted by Gasteiger charge is 2.19. The summed E-state index contributed by atoms with van der Waals surface area (Å²) in [5.41, 5.74) is 0. The van der Waals surface area contributed by atoms with Crippen LogP contribution in [0.3, 0.4) is 0 Å². The van der Waals surface area contributed by atoms with E-state index < -0.39 is 0 Å². The third kappa shape index (κ3) is 3.81. The fourth-order valence-electron chi connectivity index (χ4n) is 1.87. The van der Waals surface area contributed by atoms with Crippen LogP contribution in [0, 0.1) is 5.92 Å². The molecule has 1 aliphatic rings. The molecule has 1 fully saturated rings. The number of aliphatic hydroxyl groups is 1. The van der Waals surface area contributed by atoms with E-state index in [1.165, 1.54) is 19.3 Å². The fourth-order valence-corrected chi connectivity index (χ4v) is 1.87. The van der Waals surface area contributed by atoms with E-state index in [2.05, 4.69) is 0 Å². The van der Waals surface area contributed by atoms with Crippen molar-refractivity contribution in [3.8, 4) is 0 Å². The molecule has 1 saturated carbocycles. The van der Waals surface area contributed by atoms with Crippen molar-refractivity contribution in [2.45, 2.75) is 45.1 Å². The van der Waals surface area contributed by atoms with Gasteiger partial charge in [0.1, 0.15) is 0 Å². The van der Waals surface area contributed by atoms with Gasteiger partial charge in [-0.2, -0.15) is 0 Å². The molecule has 0 aromatic carbocycles. The molecular formula is C11H20O2. The number of ether oxygens (including phenoxy) is 1. The van der Waals surface area contributed by atoms with Crippen molar-refractivity contribution >= 4 is 0 Å². The summed E-state index contributed by atoms with van der Waals surface area (Å²) in [6.45, 7) is 2.62. The van der Waals surface area contributed by atoms with Crippen molar-refractivity contribution in [1.82, 2.24) is 0 Å². The van der Waals surface area contributed by atoms with E-state index in [-0.39, 0.29) is 6.10 Å². The highest BCUT2D eigenvalue weighted by Crippen LogP contribution is 2.26. The number of hydrogen-bond donors (Lipinski definition) is 1. The topological polar surface area (TPSA) is 29.5 Å². The zero-order chi connectivity index (χ0) is 9.52. The first-order chi connectivity index (χ1) is 6.34. The quantitative estimate of drug-likeness (QED) is 0.680. The van der Waals surface area contributed by atoms with E-state index in [1.807, 2.05) is 6.92 Å². The zero-order valence-electron chi connectivity index (χ0n) is 8.41. The van der Waals surface area contributed by atoms with Crippen molar-refractivity contribution in [3.63, 3.8) is 0 Å². The van der Waals surface area contributed by atoms with Crippen LogP contribution in [0.25, 0.3) is 0 Å². The normalized spacial score (nSPS) is 22.0. The largest absolute Gasteiger partial charge is 0.502 e. The molecule has 13 heavy (non-hydrogen) atoms. The molecule has 0 saturated heterocycles. The minimum atomic E-state index is -0.299. The lowest BCUT2D eigenvalue weighted by Gasteiger charge is -2.24. The monoisotopic (exact) mass is 184 g/mol. The van der Waals surface area contributed by atoms with Gasteiger partial charge in [0, 0.05) is 0 Å². The fraction of sp³-hybridized carbons (Fsp3) is 0.818. The standard InChI is InChI=1S/C11H20O2/c1-2-13-9-8-11(12)10-6-4-3-5-7-10/h8-12H,2-7H2,1H3/b9-8+/t11-/m0/s1. The van der Waals surface area contributed by atoms with Crippen LogP contribution in [0.5, 0.6) is 0 Å². The second-order valence-corrected chi connectivity index (χ2v) is 3.67. The summed E-state index contributed by atoms with van der Waals surface area (Å²) in [6.07, 6.45) is 9.30. The van der Waals surface area contributed by atoms with Crippen LogP contribution < -0.4 is 0 Å². The first-order valence-electron chi connectivity index (χ1n) is 5.31. The van der Waals surface area contributed by atoms with Crippen LogP contribution in [0.1, 0.15) is 39.0 Å². The summed E-state index contributed by atoms with van der Waals surface area (Å²) in [6, 6.07) is 0. The van der Waals surface area contributed by atoms with Gasteiger partial charge >= 0.3 is 0 Å². The van der Waals surface area contributed by atoms with Gasteiger partial charge in [-0.25, -0.2) is 0 Å². The van der Waals surface area contributed by atoms with Crippen LogP contribution in [0.4, 0.5) is 0 Å². The maximum absolute atomic E-state index is 9.73. The molecule has 0 radical (unpaired) electrons. The maximum Gasteiger partial charge on any atom is 0.0845 e. The molecule has 0 spiro atoms. The van der Waals surface area contributed by atoms with Crippen LogP contribution in [-0.2, 0) is 4.74 Å². The molecule has 76 valence electrons. The van der Waals surface area contributed by atoms with Gasteiger partial charge < -0.3 is 9.84 Å². The van der Waals surface area contributed by atoms with Gasteiger partial charge in [-0.1, -0.05) is 19.3 Å². The van der Waals surface area contributed by atoms with Crippen molar-refractivity contribution in [2.24, 2.45) is 5.92 Å². The molecular weight excluding hydrogens is 164 g/mol. The zero-order valence-corrected chi connectivity index (χ0v) is 8.41. The summed E-state index contributed by atoms with van der Waals surface area (Å²) in [7, 11) is 0. The van der Waals surface area contributed by atoms with Crippen LogP contribution >= 0.6 is 0 Å². The Balaban J connectivity index is 2.24. The Morgan fingerprint density at radius 1 is 1.38 bits per heavy atom. The molecule has 1 atom stereocenters. The third-order valence-electron chi connectivity index (χ3n) is 2.67. The first kappa shape index (κ1) is 10.6. The van der Waals surface area contributed by atoms with E-state index >= 15 is 0 Å². The Bertz CT molecular complexity index is 148. The van der Waals surface area contributed by atoms with E-state index in [1.54, 1.807) is 12.3 Å². The van der Waals surface area contributed by atoms with Gasteiger partial charge in [-0.3, -0.25) is 0 Å². The van der Waals surface area contributed by atoms with Crippen LogP contribution in [0.2, 0.25) is 0 Å². The Labute approximate surface area is 80.6 Å². The Morgan fingerprint density at radius 3 is 2.69 bits per heavy atom. The average Bonchev–Trinajstić information content (AvgIpc) is 2.19. The van der Waals surface area contributed by atoms with Gasteiger partial charge in [-0.05, 0) is 31.8 Å². The maximum atomic E-state index is 9.73. The molecule has 2 heteroatoms. The molecule has 0 aliphatic heterocycles. The molecule has 2 nitrogen and oxygen atoms in total. The summed E-state index contributed by atoms with van der Waals surface area (Å²) in [4.78, 5) is 0. The summed E-state index contributed by atoms with van der Waals surface area (Å²) >= 11 is 0. The lowest BCUT2D eigenvalue weighted by Crippen LogP contribution is -2.20. The SMILES string of the molecule is CCO/C=C/[C@H](O)C1CCCCC1. The van der Waals surface area contributed by atoms with Gasteiger partial charge in [0.05, 0.1) is 19.0 Å². The van der Waals surface area contributed by atoms with Gasteiger partial charge in [-0.15, -0.1) is 0 Å². The summed E-state index contributed by atoms with van der Waals surface area (Å²) in [5, 5.41) is 9.73. The lowest BCUT2D eigenvalue weighted by atomic mass is 9.85. The van der Waals surface area contributed by atoms with Crippen molar-refractivity contribution in [1.29, 1.82) is 0 Å². The van der Waals surface area contributed by atoms with Crippen LogP contribution in [-0.4, -0.2) is 17.8 Å². The summed E-state index contributed by atoms with van der Waals surface area (Å²) < 4.78 is 5.05. The Morgan fingerprint density at radius 2 is 2.08 bits per heavy atom. The van der Waals surface area contributed by atoms with E-state index in [0.717, 1.165) is 12.8 Å². The van der Waals surface area contributed by atoms with E-state index in [0.29, 0.717) is 12.5 Å². The molecule has 0 aromatic rings.